The smallest absolute Gasteiger partial charge is 0.250 e. The van der Waals surface area contributed by atoms with Gasteiger partial charge in [0, 0.05) is 23.8 Å². The Bertz CT molecular complexity index is 768. The number of aromatic nitrogens is 1. The summed E-state index contributed by atoms with van der Waals surface area (Å²) >= 11 is 6.17. The van der Waals surface area contributed by atoms with E-state index in [0.717, 1.165) is 11.1 Å². The predicted octanol–water partition coefficient (Wildman–Crippen LogP) is 3.96. The van der Waals surface area contributed by atoms with Gasteiger partial charge in [0.25, 0.3) is 5.56 Å². The highest BCUT2D eigenvalue weighted by Gasteiger charge is 2.21. The van der Waals surface area contributed by atoms with Crippen LogP contribution in [0, 0.1) is 6.92 Å². The van der Waals surface area contributed by atoms with E-state index in [4.69, 9.17) is 11.6 Å². The fraction of sp³-hybridized carbons (Fsp3) is 0.333. The Labute approximate surface area is 141 Å². The third-order valence-corrected chi connectivity index (χ3v) is 4.41. The first-order valence-electron chi connectivity index (χ1n) is 7.74. The maximum absolute atomic E-state index is 12.7. The highest BCUT2D eigenvalue weighted by atomic mass is 35.5. The van der Waals surface area contributed by atoms with Crippen molar-refractivity contribution in [2.45, 2.75) is 39.7 Å². The molecule has 0 fully saturated rings. The number of anilines is 1. The molecule has 0 saturated carbocycles. The minimum absolute atomic E-state index is 0.0803. The number of hydrogen-bond acceptors (Lipinski definition) is 2. The number of rotatable bonds is 5. The Hall–Kier alpha value is -2.07. The Balaban J connectivity index is 2.27. The van der Waals surface area contributed by atoms with Gasteiger partial charge in [0.1, 0.15) is 0 Å². The normalized spacial score (nSPS) is 12.0. The lowest BCUT2D eigenvalue weighted by Gasteiger charge is -2.18. The molecule has 0 spiro atoms. The SMILES string of the molecule is CCC(C(=O)Nc1ccc(=O)n(CC)c1)c1cccc(Cl)c1C. The van der Waals surface area contributed by atoms with E-state index in [-0.39, 0.29) is 17.4 Å². The van der Waals surface area contributed by atoms with Gasteiger partial charge in [0.2, 0.25) is 5.91 Å². The average molecular weight is 333 g/mol. The molecule has 0 radical (unpaired) electrons. The van der Waals surface area contributed by atoms with Crippen LogP contribution in [-0.4, -0.2) is 10.5 Å². The number of halogens is 1. The average Bonchev–Trinajstić information content (AvgIpc) is 2.54. The highest BCUT2D eigenvalue weighted by molar-refractivity contribution is 6.31. The van der Waals surface area contributed by atoms with Crippen molar-refractivity contribution in [3.63, 3.8) is 0 Å². The molecule has 0 saturated heterocycles. The summed E-state index contributed by atoms with van der Waals surface area (Å²) in [6.07, 6.45) is 2.33. The monoisotopic (exact) mass is 332 g/mol. The van der Waals surface area contributed by atoms with Gasteiger partial charge in [-0.15, -0.1) is 0 Å². The molecule has 4 nitrogen and oxygen atoms in total. The molecule has 0 bridgehead atoms. The summed E-state index contributed by atoms with van der Waals surface area (Å²) in [5, 5.41) is 3.56. The van der Waals surface area contributed by atoms with Gasteiger partial charge in [0.05, 0.1) is 11.6 Å². The summed E-state index contributed by atoms with van der Waals surface area (Å²) in [4.78, 5) is 24.3. The van der Waals surface area contributed by atoms with Crippen molar-refractivity contribution in [1.29, 1.82) is 0 Å². The van der Waals surface area contributed by atoms with Crippen LogP contribution in [0.3, 0.4) is 0 Å². The van der Waals surface area contributed by atoms with Crippen LogP contribution >= 0.6 is 11.6 Å². The summed E-state index contributed by atoms with van der Waals surface area (Å²) in [5.74, 6) is -0.380. The second-order valence-corrected chi connectivity index (χ2v) is 5.85. The van der Waals surface area contributed by atoms with Crippen molar-refractivity contribution < 1.29 is 4.79 Å². The zero-order valence-electron chi connectivity index (χ0n) is 13.6. The first kappa shape index (κ1) is 17.3. The summed E-state index contributed by atoms with van der Waals surface area (Å²) in [6, 6.07) is 8.70. The van der Waals surface area contributed by atoms with Crippen molar-refractivity contribution >= 4 is 23.2 Å². The molecule has 0 aliphatic carbocycles. The van der Waals surface area contributed by atoms with Crippen LogP contribution in [0.15, 0.2) is 41.3 Å². The van der Waals surface area contributed by atoms with Gasteiger partial charge in [-0.05, 0) is 43.5 Å². The molecule has 1 amide bonds. The highest BCUT2D eigenvalue weighted by Crippen LogP contribution is 2.28. The van der Waals surface area contributed by atoms with Crippen LogP contribution in [0.2, 0.25) is 5.02 Å². The molecule has 2 rings (SSSR count). The molecule has 1 atom stereocenters. The van der Waals surface area contributed by atoms with Gasteiger partial charge >= 0.3 is 0 Å². The van der Waals surface area contributed by atoms with E-state index in [9.17, 15) is 9.59 Å². The molecular weight excluding hydrogens is 312 g/mol. The molecule has 0 aliphatic heterocycles. The number of benzene rings is 1. The standard InChI is InChI=1S/C18H21ClN2O2/c1-4-14(15-7-6-8-16(19)12(15)3)18(23)20-13-9-10-17(22)21(5-2)11-13/h6-11,14H,4-5H2,1-3H3,(H,20,23). The third kappa shape index (κ3) is 3.82. The van der Waals surface area contributed by atoms with E-state index in [2.05, 4.69) is 5.32 Å². The van der Waals surface area contributed by atoms with E-state index >= 15 is 0 Å². The summed E-state index contributed by atoms with van der Waals surface area (Å²) in [7, 11) is 0. The largest absolute Gasteiger partial charge is 0.324 e. The Morgan fingerprint density at radius 3 is 2.65 bits per heavy atom. The van der Waals surface area contributed by atoms with E-state index < -0.39 is 0 Å². The van der Waals surface area contributed by atoms with Gasteiger partial charge in [-0.2, -0.15) is 0 Å². The van der Waals surface area contributed by atoms with E-state index in [0.29, 0.717) is 23.7 Å². The Morgan fingerprint density at radius 1 is 1.26 bits per heavy atom. The zero-order chi connectivity index (χ0) is 17.0. The molecule has 5 heteroatoms. The number of carbonyl (C=O) groups excluding carboxylic acids is 1. The number of pyridine rings is 1. The fourth-order valence-electron chi connectivity index (χ4n) is 2.63. The maximum atomic E-state index is 12.7. The quantitative estimate of drug-likeness (QED) is 0.901. The molecule has 1 aromatic heterocycles. The predicted molar refractivity (Wildman–Crippen MR) is 94.2 cm³/mol. The number of nitrogens with one attached hydrogen (secondary N) is 1. The van der Waals surface area contributed by atoms with E-state index in [1.807, 2.05) is 39.0 Å². The van der Waals surface area contributed by atoms with Crippen LogP contribution in [0.25, 0.3) is 0 Å². The van der Waals surface area contributed by atoms with Gasteiger partial charge < -0.3 is 9.88 Å². The maximum Gasteiger partial charge on any atom is 0.250 e. The van der Waals surface area contributed by atoms with Gasteiger partial charge in [-0.3, -0.25) is 9.59 Å². The Kier molecular flexibility index (Phi) is 5.61. The summed E-state index contributed by atoms with van der Waals surface area (Å²) in [6.45, 7) is 6.34. The number of hydrogen-bond donors (Lipinski definition) is 1. The van der Waals surface area contributed by atoms with Crippen LogP contribution < -0.4 is 10.9 Å². The van der Waals surface area contributed by atoms with Crippen molar-refractivity contribution in [1.82, 2.24) is 4.57 Å². The minimum Gasteiger partial charge on any atom is -0.324 e. The molecular formula is C18H21ClN2O2. The van der Waals surface area contributed by atoms with Gasteiger partial charge in [-0.25, -0.2) is 0 Å². The first-order valence-corrected chi connectivity index (χ1v) is 8.12. The van der Waals surface area contributed by atoms with Gasteiger partial charge in [-0.1, -0.05) is 30.7 Å². The molecule has 2 aromatic rings. The van der Waals surface area contributed by atoms with Gasteiger partial charge in [0.15, 0.2) is 0 Å². The molecule has 1 unspecified atom stereocenters. The lowest BCUT2D eigenvalue weighted by atomic mass is 9.92. The number of carbonyl (C=O) groups is 1. The van der Waals surface area contributed by atoms with Crippen molar-refractivity contribution in [3.8, 4) is 0 Å². The summed E-state index contributed by atoms with van der Waals surface area (Å²) < 4.78 is 1.56. The van der Waals surface area contributed by atoms with Crippen LogP contribution in [-0.2, 0) is 11.3 Å². The second-order valence-electron chi connectivity index (χ2n) is 5.45. The first-order chi connectivity index (χ1) is 11.0. The molecule has 0 aliphatic rings. The Morgan fingerprint density at radius 2 is 2.00 bits per heavy atom. The molecule has 23 heavy (non-hydrogen) atoms. The second kappa shape index (κ2) is 7.47. The molecule has 1 aromatic carbocycles. The zero-order valence-corrected chi connectivity index (χ0v) is 14.4. The molecule has 1 N–H and O–H groups in total. The lowest BCUT2D eigenvalue weighted by Crippen LogP contribution is -2.23. The van der Waals surface area contributed by atoms with Crippen molar-refractivity contribution in [2.24, 2.45) is 0 Å². The molecule has 122 valence electrons. The van der Waals surface area contributed by atoms with Crippen LogP contribution in [0.1, 0.15) is 37.3 Å². The van der Waals surface area contributed by atoms with Crippen molar-refractivity contribution in [2.75, 3.05) is 5.32 Å². The van der Waals surface area contributed by atoms with Crippen LogP contribution in [0.4, 0.5) is 5.69 Å². The minimum atomic E-state index is -0.282. The third-order valence-electron chi connectivity index (χ3n) is 4.00. The summed E-state index contributed by atoms with van der Waals surface area (Å²) in [5.41, 5.74) is 2.40. The lowest BCUT2D eigenvalue weighted by molar-refractivity contribution is -0.117. The fourth-order valence-corrected chi connectivity index (χ4v) is 2.81. The van der Waals surface area contributed by atoms with Crippen LogP contribution in [0.5, 0.6) is 0 Å². The van der Waals surface area contributed by atoms with E-state index in [1.165, 1.54) is 6.07 Å². The number of aryl methyl sites for hydroxylation is 1. The number of amides is 1. The van der Waals surface area contributed by atoms with Crippen molar-refractivity contribution in [3.05, 3.63) is 63.0 Å². The van der Waals surface area contributed by atoms with E-state index in [1.54, 1.807) is 16.8 Å². The topological polar surface area (TPSA) is 51.1 Å². The number of nitrogens with zero attached hydrogens (tertiary/aromatic N) is 1. The molecule has 1 heterocycles.